The summed E-state index contributed by atoms with van der Waals surface area (Å²) in [5.41, 5.74) is 3.85. The van der Waals surface area contributed by atoms with Crippen LogP contribution >= 0.6 is 0 Å². The molecule has 0 aromatic heterocycles. The van der Waals surface area contributed by atoms with Crippen molar-refractivity contribution in [1.82, 2.24) is 0 Å². The summed E-state index contributed by atoms with van der Waals surface area (Å²) in [5.74, 6) is 12.9. The number of rotatable bonds is 18. The van der Waals surface area contributed by atoms with E-state index in [2.05, 4.69) is 61.3 Å². The maximum atomic E-state index is 11.1. The summed E-state index contributed by atoms with van der Waals surface area (Å²) in [6, 6.07) is 33.7. The number of benzene rings is 6. The number of aryl methyl sites for hydroxylation is 1. The Bertz CT molecular complexity index is 2560. The third-order valence-electron chi connectivity index (χ3n) is 10.1. The van der Waals surface area contributed by atoms with Gasteiger partial charge in [0.1, 0.15) is 28.6 Å². The zero-order valence-electron chi connectivity index (χ0n) is 39.9. The zero-order chi connectivity index (χ0) is 48.7. The van der Waals surface area contributed by atoms with Crippen LogP contribution in [0.5, 0.6) is 23.0 Å². The van der Waals surface area contributed by atoms with Gasteiger partial charge in [-0.25, -0.2) is 4.79 Å². The summed E-state index contributed by atoms with van der Waals surface area (Å²) in [6.45, 7) is 14.7. The number of unbranched alkanes of at least 4 members (excludes halogenated alkanes) is 7. The molecule has 68 heavy (non-hydrogen) atoms. The van der Waals surface area contributed by atoms with Gasteiger partial charge in [-0.1, -0.05) is 101 Å². The van der Waals surface area contributed by atoms with E-state index in [1.165, 1.54) is 37.8 Å². The number of fused-ring (bicyclic) bond motifs is 2. The maximum Gasteiger partial charge on any atom is 0.339 e. The van der Waals surface area contributed by atoms with Crippen molar-refractivity contribution in [1.29, 1.82) is 0 Å². The molecule has 6 rings (SSSR count). The van der Waals surface area contributed by atoms with Gasteiger partial charge in [0.25, 0.3) is 6.47 Å². The molecule has 9 nitrogen and oxygen atoms in total. The molecule has 0 saturated carbocycles. The van der Waals surface area contributed by atoms with Crippen LogP contribution in [0.2, 0.25) is 0 Å². The molecule has 365 valence electrons. The second kappa shape index (κ2) is 34.6. The summed E-state index contributed by atoms with van der Waals surface area (Å²) in [4.78, 5) is 20.4. The number of aliphatic hydroxyl groups is 1. The summed E-state index contributed by atoms with van der Waals surface area (Å²) in [5, 5.41) is 41.4. The van der Waals surface area contributed by atoms with Gasteiger partial charge in [-0.2, -0.15) is 6.42 Å². The first-order chi connectivity index (χ1) is 32.5. The largest absolute Gasteiger partial charge is 0.508 e. The molecule has 1 radical (unpaired) electrons. The summed E-state index contributed by atoms with van der Waals surface area (Å²) in [7, 11) is 0. The van der Waals surface area contributed by atoms with Crippen LogP contribution in [-0.4, -0.2) is 59.3 Å². The third kappa shape index (κ3) is 22.4. The van der Waals surface area contributed by atoms with Crippen molar-refractivity contribution in [3.8, 4) is 46.7 Å². The molecule has 6 aromatic carbocycles. The van der Waals surface area contributed by atoms with E-state index in [0.29, 0.717) is 31.9 Å². The molecule has 10 heteroatoms. The number of carboxylic acid groups (broad SMARTS) is 1. The third-order valence-corrected chi connectivity index (χ3v) is 10.1. The fourth-order valence-electron chi connectivity index (χ4n) is 6.31. The fourth-order valence-corrected chi connectivity index (χ4v) is 6.31. The molecular formula is C58H67HoO9-. The van der Waals surface area contributed by atoms with Crippen LogP contribution in [0, 0.1) is 75.3 Å². The van der Waals surface area contributed by atoms with Crippen molar-refractivity contribution in [2.24, 2.45) is 0 Å². The predicted octanol–water partition coefficient (Wildman–Crippen LogP) is 13.0. The maximum absolute atomic E-state index is 11.1. The first kappa shape index (κ1) is 58.4. The number of phenolic OH excluding ortho intramolecular Hbond substituents is 1. The van der Waals surface area contributed by atoms with Crippen molar-refractivity contribution in [3.63, 3.8) is 0 Å². The van der Waals surface area contributed by atoms with Gasteiger partial charge in [-0.3, -0.25) is 4.79 Å². The Kier molecular flexibility index (Phi) is 29.7. The number of aromatic hydroxyl groups is 2. The molecule has 0 aliphatic rings. The van der Waals surface area contributed by atoms with E-state index >= 15 is 0 Å². The molecule has 0 amide bonds. The molecule has 0 atom stereocenters. The van der Waals surface area contributed by atoms with Gasteiger partial charge < -0.3 is 41.6 Å². The van der Waals surface area contributed by atoms with E-state index < -0.39 is 5.97 Å². The molecule has 6 aromatic rings. The molecule has 0 fully saturated rings. The Morgan fingerprint density at radius 3 is 1.46 bits per heavy atom. The predicted molar refractivity (Wildman–Crippen MR) is 271 cm³/mol. The molecule has 0 aliphatic heterocycles. The van der Waals surface area contributed by atoms with Crippen LogP contribution in [0.3, 0.4) is 0 Å². The average Bonchev–Trinajstić information content (AvgIpc) is 3.34. The summed E-state index contributed by atoms with van der Waals surface area (Å²) in [6.07, 6.45) is 12.2. The number of carbonyl (C=O) groups excluding carboxylic acids is 1. The van der Waals surface area contributed by atoms with E-state index in [-0.39, 0.29) is 61.4 Å². The van der Waals surface area contributed by atoms with E-state index in [9.17, 15) is 19.8 Å². The first-order valence-corrected chi connectivity index (χ1v) is 23.2. The van der Waals surface area contributed by atoms with E-state index in [0.717, 1.165) is 100 Å². The number of hydrogen-bond acceptors (Lipinski definition) is 8. The van der Waals surface area contributed by atoms with Crippen molar-refractivity contribution >= 4 is 34.0 Å². The van der Waals surface area contributed by atoms with Crippen LogP contribution in [0.15, 0.2) is 109 Å². The van der Waals surface area contributed by atoms with Gasteiger partial charge in [-0.05, 0) is 151 Å². The normalized spacial score (nSPS) is 9.85. The minimum Gasteiger partial charge on any atom is -0.508 e. The quantitative estimate of drug-likeness (QED) is 0.0217. The Balaban J connectivity index is 0.000000372. The Morgan fingerprint density at radius 1 is 0.559 bits per heavy atom. The van der Waals surface area contributed by atoms with Crippen molar-refractivity contribution in [2.45, 2.75) is 98.3 Å². The molecular weight excluding hydrogens is 1010 g/mol. The number of aliphatic hydroxyl groups excluding tert-OH is 1. The zero-order valence-corrected chi connectivity index (χ0v) is 41.8. The van der Waals surface area contributed by atoms with Gasteiger partial charge >= 0.3 is 5.97 Å². The second-order valence-corrected chi connectivity index (χ2v) is 15.7. The Morgan fingerprint density at radius 2 is 1.01 bits per heavy atom. The van der Waals surface area contributed by atoms with Crippen LogP contribution in [0.1, 0.15) is 130 Å². The monoisotopic (exact) mass is 1070 g/mol. The molecule has 0 bridgehead atoms. The van der Waals surface area contributed by atoms with Crippen LogP contribution in [-0.2, 0) is 9.53 Å². The van der Waals surface area contributed by atoms with Gasteiger partial charge in [0.15, 0.2) is 0 Å². The topological polar surface area (TPSA) is 143 Å². The fraction of sp³-hybridized carbons (Fsp3) is 0.328. The van der Waals surface area contributed by atoms with Crippen LogP contribution < -0.4 is 9.47 Å². The van der Waals surface area contributed by atoms with Crippen molar-refractivity contribution < 1.29 is 82.0 Å². The number of ether oxygens (including phenoxy) is 3. The van der Waals surface area contributed by atoms with E-state index in [1.54, 1.807) is 12.1 Å². The van der Waals surface area contributed by atoms with Gasteiger partial charge in [-0.15, -0.1) is 0 Å². The minimum absolute atomic E-state index is 0. The molecule has 4 N–H and O–H groups in total. The SMILES string of the molecule is CCCCCC.CCCOC=O.Cc1cc(C#Cc2ccc3cc(OCCCCCO)ccc3c2)ccc1O.[CH2-]CCCCOc1ccc2cc(C#Cc3ccc(O)c(C(=O)O)c3)ccc2c1.[Ho]. The summed E-state index contributed by atoms with van der Waals surface area (Å²) < 4.78 is 15.9. The van der Waals surface area contributed by atoms with E-state index in [1.807, 2.05) is 86.6 Å². The second-order valence-electron chi connectivity index (χ2n) is 15.7. The first-order valence-electron chi connectivity index (χ1n) is 23.2. The molecule has 0 saturated heterocycles. The number of phenols is 2. The van der Waals surface area contributed by atoms with Gasteiger partial charge in [0, 0.05) is 66.6 Å². The summed E-state index contributed by atoms with van der Waals surface area (Å²) >= 11 is 0. The van der Waals surface area contributed by atoms with E-state index in [4.69, 9.17) is 19.7 Å². The van der Waals surface area contributed by atoms with Crippen LogP contribution in [0.4, 0.5) is 0 Å². The average molecular weight is 1070 g/mol. The molecule has 0 heterocycles. The smallest absolute Gasteiger partial charge is 0.339 e. The number of hydrogen-bond donors (Lipinski definition) is 4. The van der Waals surface area contributed by atoms with Crippen LogP contribution in [0.25, 0.3) is 21.5 Å². The minimum atomic E-state index is -1.18. The number of carbonyl (C=O) groups is 2. The Labute approximate surface area is 433 Å². The molecule has 0 aliphatic carbocycles. The Hall–Kier alpha value is -5.68. The van der Waals surface area contributed by atoms with Crippen molar-refractivity contribution in [2.75, 3.05) is 26.4 Å². The number of carboxylic acids is 1. The molecule has 0 spiro atoms. The van der Waals surface area contributed by atoms with Crippen molar-refractivity contribution in [3.05, 3.63) is 149 Å². The standard InChI is InChI=1S/C24H21O4.C24H24O3.C6H14.C4H8O2.Ho/c1-2-3-4-13-28-21-11-10-19-14-17(7-9-20(19)16-21)5-6-18-8-12-23(25)22(15-18)24(26)27;1-18-15-19(8-12-24(18)26)5-6-20-7-9-22-17-23(11-10-21(22)16-20)27-14-4-2-3-13-25;1-3-5-6-4-2;1-2-3-6-4-5;/h7-12,14-16,25H,1-4,13H2,(H,26,27);7-12,15-17,25-26H,2-4,13-14H2,1H3;3-6H2,1-2H3;4H,2-3H2,1H3;/q-1;;;;. The van der Waals surface area contributed by atoms with Gasteiger partial charge in [0.05, 0.1) is 19.8 Å². The molecule has 0 unspecified atom stereocenters. The van der Waals surface area contributed by atoms with Gasteiger partial charge in [0.2, 0.25) is 0 Å². The number of aromatic carboxylic acids is 1.